The number of nitrogens with zero attached hydrogens (tertiary/aromatic N) is 1. The molecule has 0 aliphatic carbocycles. The number of carbonyl (C=O) groups excluding carboxylic acids is 2. The first-order valence-electron chi connectivity index (χ1n) is 7.05. The van der Waals surface area contributed by atoms with E-state index in [0.717, 1.165) is 0 Å². The molecule has 1 atom stereocenters. The van der Waals surface area contributed by atoms with Gasteiger partial charge in [-0.3, -0.25) is 14.9 Å². The van der Waals surface area contributed by atoms with Crippen molar-refractivity contribution in [3.63, 3.8) is 0 Å². The highest BCUT2D eigenvalue weighted by Crippen LogP contribution is 2.35. The van der Waals surface area contributed by atoms with E-state index in [1.54, 1.807) is 13.8 Å². The fourth-order valence-corrected chi connectivity index (χ4v) is 2.56. The van der Waals surface area contributed by atoms with E-state index in [1.165, 1.54) is 25.1 Å². The lowest BCUT2D eigenvalue weighted by atomic mass is 9.92. The Kier molecular flexibility index (Phi) is 4.63. The van der Waals surface area contributed by atoms with Gasteiger partial charge in [0.15, 0.2) is 5.78 Å². The molecule has 2 N–H and O–H groups in total. The Balaban J connectivity index is 2.63. The van der Waals surface area contributed by atoms with Crippen LogP contribution in [0.4, 0.5) is 10.5 Å². The number of nitro groups is 1. The summed E-state index contributed by atoms with van der Waals surface area (Å²) in [7, 11) is 0. The van der Waals surface area contributed by atoms with Gasteiger partial charge in [0.05, 0.1) is 17.6 Å². The van der Waals surface area contributed by atoms with Crippen molar-refractivity contribution in [2.45, 2.75) is 26.8 Å². The van der Waals surface area contributed by atoms with Gasteiger partial charge in [-0.1, -0.05) is 0 Å². The first-order valence-corrected chi connectivity index (χ1v) is 7.05. The highest BCUT2D eigenvalue weighted by molar-refractivity contribution is 5.98. The molecule has 8 heteroatoms. The summed E-state index contributed by atoms with van der Waals surface area (Å²) in [5, 5.41) is 16.2. The maximum absolute atomic E-state index is 12.0. The monoisotopic (exact) mass is 319 g/mol. The number of ketones is 1. The molecule has 0 saturated heterocycles. The van der Waals surface area contributed by atoms with Gasteiger partial charge in [0.2, 0.25) is 0 Å². The second-order valence-electron chi connectivity index (χ2n) is 5.04. The quantitative estimate of drug-likeness (QED) is 0.638. The zero-order valence-electron chi connectivity index (χ0n) is 13.0. The lowest BCUT2D eigenvalue weighted by molar-refractivity contribution is -0.385. The molecule has 1 aromatic rings. The molecule has 8 nitrogen and oxygen atoms in total. The summed E-state index contributed by atoms with van der Waals surface area (Å²) >= 11 is 0. The molecule has 0 fully saturated rings. The normalized spacial score (nSPS) is 17.3. The van der Waals surface area contributed by atoms with Gasteiger partial charge < -0.3 is 15.4 Å². The van der Waals surface area contributed by atoms with E-state index in [2.05, 4.69) is 10.6 Å². The number of amides is 2. The molecule has 2 rings (SSSR count). The minimum Gasteiger partial charge on any atom is -0.493 e. The summed E-state index contributed by atoms with van der Waals surface area (Å²) in [6.45, 7) is 5.11. The van der Waals surface area contributed by atoms with E-state index >= 15 is 0 Å². The molecule has 0 spiro atoms. The minimum absolute atomic E-state index is 0.142. The van der Waals surface area contributed by atoms with Gasteiger partial charge in [-0.05, 0) is 26.8 Å². The number of Topliss-reactive ketones (excluding diaryl/α,β-unsaturated/α-hetero) is 1. The number of carbonyl (C=O) groups is 2. The van der Waals surface area contributed by atoms with Crippen molar-refractivity contribution in [1.29, 1.82) is 0 Å². The van der Waals surface area contributed by atoms with Gasteiger partial charge in [0.1, 0.15) is 5.75 Å². The van der Waals surface area contributed by atoms with Gasteiger partial charge in [-0.15, -0.1) is 0 Å². The molecule has 0 aromatic heterocycles. The van der Waals surface area contributed by atoms with E-state index in [9.17, 15) is 19.7 Å². The van der Waals surface area contributed by atoms with Crippen LogP contribution >= 0.6 is 0 Å². The molecule has 0 bridgehead atoms. The maximum atomic E-state index is 12.0. The Labute approximate surface area is 132 Å². The van der Waals surface area contributed by atoms with E-state index in [4.69, 9.17) is 4.74 Å². The maximum Gasteiger partial charge on any atom is 0.319 e. The van der Waals surface area contributed by atoms with Crippen LogP contribution in [0.2, 0.25) is 0 Å². The number of ether oxygens (including phenoxy) is 1. The molecular weight excluding hydrogens is 302 g/mol. The largest absolute Gasteiger partial charge is 0.493 e. The second-order valence-corrected chi connectivity index (χ2v) is 5.04. The number of hydrogen-bond donors (Lipinski definition) is 2. The van der Waals surface area contributed by atoms with Crippen LogP contribution in [0.3, 0.4) is 0 Å². The molecule has 122 valence electrons. The zero-order chi connectivity index (χ0) is 17.1. The Bertz CT molecular complexity index is 711. The van der Waals surface area contributed by atoms with Crippen LogP contribution in [0.25, 0.3) is 0 Å². The molecule has 23 heavy (non-hydrogen) atoms. The van der Waals surface area contributed by atoms with Gasteiger partial charge in [-0.25, -0.2) is 4.79 Å². The molecule has 0 radical (unpaired) electrons. The Morgan fingerprint density at radius 2 is 2.13 bits per heavy atom. The van der Waals surface area contributed by atoms with Crippen LogP contribution in [0.1, 0.15) is 32.4 Å². The number of benzene rings is 1. The number of hydrogen-bond acceptors (Lipinski definition) is 5. The zero-order valence-corrected chi connectivity index (χ0v) is 13.0. The van der Waals surface area contributed by atoms with Gasteiger partial charge >= 0.3 is 6.03 Å². The van der Waals surface area contributed by atoms with Crippen molar-refractivity contribution in [3.05, 3.63) is 45.1 Å². The predicted octanol–water partition coefficient (Wildman–Crippen LogP) is 2.21. The van der Waals surface area contributed by atoms with Crippen molar-refractivity contribution >= 4 is 17.5 Å². The smallest absolute Gasteiger partial charge is 0.319 e. The molecule has 0 saturated carbocycles. The van der Waals surface area contributed by atoms with Crippen molar-refractivity contribution in [1.82, 2.24) is 10.6 Å². The van der Waals surface area contributed by atoms with E-state index < -0.39 is 17.0 Å². The van der Waals surface area contributed by atoms with Crippen LogP contribution in [0, 0.1) is 10.1 Å². The van der Waals surface area contributed by atoms with Crippen LogP contribution in [-0.4, -0.2) is 23.3 Å². The average molecular weight is 319 g/mol. The topological polar surface area (TPSA) is 111 Å². The SMILES string of the molecule is CCOc1ccc([N+](=O)[O-])cc1C1NC(=O)NC(C)=C1C(C)=O. The van der Waals surface area contributed by atoms with Crippen LogP contribution in [0.5, 0.6) is 5.75 Å². The van der Waals surface area contributed by atoms with Gasteiger partial charge in [0.25, 0.3) is 5.69 Å². The Hall–Kier alpha value is -2.90. The molecular formula is C15H17N3O5. The number of rotatable bonds is 5. The summed E-state index contributed by atoms with van der Waals surface area (Å²) in [5.74, 6) is 0.144. The summed E-state index contributed by atoms with van der Waals surface area (Å²) in [6.07, 6.45) is 0. The molecule has 1 heterocycles. The van der Waals surface area contributed by atoms with Crippen molar-refractivity contribution < 1.29 is 19.2 Å². The number of allylic oxidation sites excluding steroid dienone is 1. The lowest BCUT2D eigenvalue weighted by Gasteiger charge is -2.29. The summed E-state index contributed by atoms with van der Waals surface area (Å²) < 4.78 is 5.50. The summed E-state index contributed by atoms with van der Waals surface area (Å²) in [4.78, 5) is 34.2. The van der Waals surface area contributed by atoms with Crippen LogP contribution < -0.4 is 15.4 Å². The first kappa shape index (κ1) is 16.5. The molecule has 1 aliphatic rings. The molecule has 1 aromatic carbocycles. The summed E-state index contributed by atoms with van der Waals surface area (Å²) in [5.41, 5.74) is 0.989. The lowest BCUT2D eigenvalue weighted by Crippen LogP contribution is -2.44. The number of nitro benzene ring substituents is 1. The predicted molar refractivity (Wildman–Crippen MR) is 82.1 cm³/mol. The number of nitrogens with one attached hydrogen (secondary N) is 2. The Morgan fingerprint density at radius 3 is 2.70 bits per heavy atom. The second kappa shape index (κ2) is 6.47. The van der Waals surface area contributed by atoms with Gasteiger partial charge in [0, 0.05) is 29.0 Å². The molecule has 2 amide bonds. The minimum atomic E-state index is -0.803. The van der Waals surface area contributed by atoms with E-state index in [1.807, 2.05) is 0 Å². The van der Waals surface area contributed by atoms with Crippen LogP contribution in [0.15, 0.2) is 29.5 Å². The van der Waals surface area contributed by atoms with Crippen LogP contribution in [-0.2, 0) is 4.79 Å². The first-order chi connectivity index (χ1) is 10.8. The third kappa shape index (κ3) is 3.31. The number of urea groups is 1. The van der Waals surface area contributed by atoms with Gasteiger partial charge in [-0.2, -0.15) is 0 Å². The third-order valence-corrected chi connectivity index (χ3v) is 3.46. The van der Waals surface area contributed by atoms with E-state index in [-0.39, 0.29) is 11.5 Å². The Morgan fingerprint density at radius 1 is 1.43 bits per heavy atom. The molecule has 1 aliphatic heterocycles. The van der Waals surface area contributed by atoms with E-state index in [0.29, 0.717) is 29.2 Å². The van der Waals surface area contributed by atoms with Crippen molar-refractivity contribution in [3.8, 4) is 5.75 Å². The standard InChI is InChI=1S/C15H17N3O5/c1-4-23-12-6-5-10(18(21)22)7-11(12)14-13(9(3)19)8(2)16-15(20)17-14/h5-7,14H,4H2,1-3H3,(H2,16,17,20). The van der Waals surface area contributed by atoms with Crippen molar-refractivity contribution in [2.24, 2.45) is 0 Å². The fourth-order valence-electron chi connectivity index (χ4n) is 2.56. The number of non-ortho nitro benzene ring substituents is 1. The highest BCUT2D eigenvalue weighted by atomic mass is 16.6. The highest BCUT2D eigenvalue weighted by Gasteiger charge is 2.32. The fraction of sp³-hybridized carbons (Fsp3) is 0.333. The van der Waals surface area contributed by atoms with Crippen molar-refractivity contribution in [2.75, 3.05) is 6.61 Å². The third-order valence-electron chi connectivity index (χ3n) is 3.46. The average Bonchev–Trinajstić information content (AvgIpc) is 2.46. The molecule has 1 unspecified atom stereocenters. The summed E-state index contributed by atoms with van der Waals surface area (Å²) in [6, 6.07) is 2.83.